The van der Waals surface area contributed by atoms with Crippen LogP contribution in [0.15, 0.2) is 12.1 Å². The summed E-state index contributed by atoms with van der Waals surface area (Å²) >= 11 is 0. The summed E-state index contributed by atoms with van der Waals surface area (Å²) in [5, 5.41) is 8.89. The third kappa shape index (κ3) is 2.90. The van der Waals surface area contributed by atoms with Crippen molar-refractivity contribution in [1.29, 1.82) is 5.26 Å². The maximum Gasteiger partial charge on any atom is 0.494 e. The lowest BCUT2D eigenvalue weighted by atomic mass is 9.76. The van der Waals surface area contributed by atoms with E-state index in [1.165, 1.54) is 0 Å². The molecule has 0 bridgehead atoms. The van der Waals surface area contributed by atoms with Gasteiger partial charge in [-0.2, -0.15) is 5.26 Å². The average molecular weight is 342 g/mol. The molecule has 2 aliphatic rings. The lowest BCUT2D eigenvalue weighted by Gasteiger charge is -2.32. The molecule has 1 aromatic rings. The van der Waals surface area contributed by atoms with Crippen molar-refractivity contribution in [2.24, 2.45) is 0 Å². The first-order chi connectivity index (χ1) is 11.7. The van der Waals surface area contributed by atoms with Gasteiger partial charge in [-0.05, 0) is 51.2 Å². The van der Waals surface area contributed by atoms with Crippen molar-refractivity contribution in [2.45, 2.75) is 45.3 Å². The molecule has 1 fully saturated rings. The number of rotatable bonds is 3. The second-order valence-electron chi connectivity index (χ2n) is 7.48. The van der Waals surface area contributed by atoms with E-state index >= 15 is 0 Å². The Kier molecular flexibility index (Phi) is 4.30. The molecule has 3 rings (SSSR count). The van der Waals surface area contributed by atoms with E-state index < -0.39 is 18.3 Å². The Morgan fingerprint density at radius 1 is 1.28 bits per heavy atom. The highest BCUT2D eigenvalue weighted by Gasteiger charge is 2.52. The second kappa shape index (κ2) is 6.04. The minimum absolute atomic E-state index is 0.0837. The van der Waals surface area contributed by atoms with Crippen molar-refractivity contribution < 1.29 is 18.8 Å². The Morgan fingerprint density at radius 2 is 1.92 bits per heavy atom. The molecule has 0 unspecified atom stereocenters. The SMILES string of the molecule is COc1cc(B2OC(C)(C)C(C)(C)O2)cc2c1C(=O)N(CC#N)CC2. The Hall–Kier alpha value is -2.04. The highest BCUT2D eigenvalue weighted by molar-refractivity contribution is 6.62. The van der Waals surface area contributed by atoms with Gasteiger partial charge in [-0.25, -0.2) is 0 Å². The topological polar surface area (TPSA) is 71.8 Å². The quantitative estimate of drug-likeness (QED) is 0.615. The van der Waals surface area contributed by atoms with Crippen molar-refractivity contribution in [3.8, 4) is 11.8 Å². The van der Waals surface area contributed by atoms with Crippen LogP contribution in [-0.2, 0) is 15.7 Å². The van der Waals surface area contributed by atoms with Gasteiger partial charge in [0, 0.05) is 6.54 Å². The largest absolute Gasteiger partial charge is 0.496 e. The Morgan fingerprint density at radius 3 is 2.48 bits per heavy atom. The van der Waals surface area contributed by atoms with Gasteiger partial charge in [0.05, 0.1) is 29.9 Å². The number of hydrogen-bond donors (Lipinski definition) is 0. The molecular weight excluding hydrogens is 319 g/mol. The molecule has 6 nitrogen and oxygen atoms in total. The summed E-state index contributed by atoms with van der Waals surface area (Å²) in [6.07, 6.45) is 0.673. The zero-order valence-corrected chi connectivity index (χ0v) is 15.4. The number of nitriles is 1. The molecule has 1 amide bonds. The molecule has 1 aromatic carbocycles. The summed E-state index contributed by atoms with van der Waals surface area (Å²) in [6.45, 7) is 8.63. The highest BCUT2D eigenvalue weighted by atomic mass is 16.7. The Labute approximate surface area is 148 Å². The number of ether oxygens (including phenoxy) is 1. The van der Waals surface area contributed by atoms with Crippen molar-refractivity contribution in [3.63, 3.8) is 0 Å². The van der Waals surface area contributed by atoms with Crippen LogP contribution in [0.25, 0.3) is 0 Å². The van der Waals surface area contributed by atoms with Crippen LogP contribution in [0.4, 0.5) is 0 Å². The Bertz CT molecular complexity index is 721. The first-order valence-corrected chi connectivity index (χ1v) is 8.43. The summed E-state index contributed by atoms with van der Waals surface area (Å²) in [5.74, 6) is 0.329. The molecule has 0 N–H and O–H groups in total. The molecule has 0 aromatic heterocycles. The highest BCUT2D eigenvalue weighted by Crippen LogP contribution is 2.37. The smallest absolute Gasteiger partial charge is 0.494 e. The number of fused-ring (bicyclic) bond motifs is 1. The summed E-state index contributed by atoms with van der Waals surface area (Å²) in [6, 6.07) is 5.79. The molecule has 0 aliphatic carbocycles. The predicted molar refractivity (Wildman–Crippen MR) is 93.9 cm³/mol. The fraction of sp³-hybridized carbons (Fsp3) is 0.556. The van der Waals surface area contributed by atoms with Gasteiger partial charge >= 0.3 is 7.12 Å². The predicted octanol–water partition coefficient (Wildman–Crippen LogP) is 1.52. The van der Waals surface area contributed by atoms with Crippen LogP contribution in [0, 0.1) is 11.3 Å². The minimum atomic E-state index is -0.503. The molecule has 0 atom stereocenters. The van der Waals surface area contributed by atoms with Crippen LogP contribution in [0.2, 0.25) is 0 Å². The molecule has 132 valence electrons. The van der Waals surface area contributed by atoms with Gasteiger partial charge in [-0.15, -0.1) is 0 Å². The van der Waals surface area contributed by atoms with E-state index in [0.29, 0.717) is 24.3 Å². The number of carbonyl (C=O) groups excluding carboxylic acids is 1. The number of carbonyl (C=O) groups is 1. The number of nitrogens with zero attached hydrogens (tertiary/aromatic N) is 2. The van der Waals surface area contributed by atoms with Gasteiger partial charge in [-0.1, -0.05) is 6.07 Å². The van der Waals surface area contributed by atoms with E-state index in [1.54, 1.807) is 18.1 Å². The maximum atomic E-state index is 12.7. The Balaban J connectivity index is 1.99. The van der Waals surface area contributed by atoms with Crippen molar-refractivity contribution in [3.05, 3.63) is 23.3 Å². The fourth-order valence-corrected chi connectivity index (χ4v) is 3.16. The van der Waals surface area contributed by atoms with Crippen molar-refractivity contribution in [2.75, 3.05) is 20.2 Å². The molecule has 1 saturated heterocycles. The molecule has 25 heavy (non-hydrogen) atoms. The monoisotopic (exact) mass is 342 g/mol. The normalized spacial score (nSPS) is 21.0. The zero-order valence-electron chi connectivity index (χ0n) is 15.4. The molecule has 0 radical (unpaired) electrons. The zero-order chi connectivity index (χ0) is 18.4. The van der Waals surface area contributed by atoms with Gasteiger partial charge < -0.3 is 18.9 Å². The lowest BCUT2D eigenvalue weighted by Crippen LogP contribution is -2.41. The summed E-state index contributed by atoms with van der Waals surface area (Å²) in [5.41, 5.74) is 1.42. The van der Waals surface area contributed by atoms with E-state index in [2.05, 4.69) is 0 Å². The van der Waals surface area contributed by atoms with Crippen LogP contribution in [0.1, 0.15) is 43.6 Å². The molecular formula is C18H23BN2O4. The van der Waals surface area contributed by atoms with Crippen LogP contribution in [0.5, 0.6) is 5.75 Å². The van der Waals surface area contributed by atoms with Crippen LogP contribution >= 0.6 is 0 Å². The third-order valence-electron chi connectivity index (χ3n) is 5.37. The fourth-order valence-electron chi connectivity index (χ4n) is 3.16. The van der Waals surface area contributed by atoms with E-state index in [-0.39, 0.29) is 12.5 Å². The molecule has 0 spiro atoms. The standard InChI is InChI=1S/C18H23BN2O4/c1-17(2)18(3,4)25-19(24-17)13-10-12-6-8-21(9-7-20)16(22)15(12)14(11-13)23-5/h10-11H,6,8-9H2,1-5H3. The summed E-state index contributed by atoms with van der Waals surface area (Å²) < 4.78 is 17.7. The van der Waals surface area contributed by atoms with Crippen molar-refractivity contribution in [1.82, 2.24) is 4.90 Å². The van der Waals surface area contributed by atoms with Gasteiger partial charge in [0.15, 0.2) is 0 Å². The molecule has 2 heterocycles. The van der Waals surface area contributed by atoms with Gasteiger partial charge in [0.2, 0.25) is 0 Å². The summed E-state index contributed by atoms with van der Waals surface area (Å²) in [4.78, 5) is 14.2. The molecule has 2 aliphatic heterocycles. The molecule has 0 saturated carbocycles. The van der Waals surface area contributed by atoms with E-state index in [9.17, 15) is 4.79 Å². The number of hydrogen-bond acceptors (Lipinski definition) is 5. The first-order valence-electron chi connectivity index (χ1n) is 8.43. The number of amides is 1. The van der Waals surface area contributed by atoms with Crippen LogP contribution in [0.3, 0.4) is 0 Å². The van der Waals surface area contributed by atoms with Gasteiger partial charge in [-0.3, -0.25) is 4.79 Å². The van der Waals surface area contributed by atoms with E-state index in [4.69, 9.17) is 19.3 Å². The number of methoxy groups -OCH3 is 1. The average Bonchev–Trinajstić information content (AvgIpc) is 2.77. The first kappa shape index (κ1) is 17.8. The third-order valence-corrected chi connectivity index (χ3v) is 5.37. The van der Waals surface area contributed by atoms with E-state index in [0.717, 1.165) is 11.0 Å². The number of benzene rings is 1. The lowest BCUT2D eigenvalue weighted by molar-refractivity contribution is 0.00578. The van der Waals surface area contributed by atoms with Gasteiger partial charge in [0.25, 0.3) is 5.91 Å². The second-order valence-corrected chi connectivity index (χ2v) is 7.48. The van der Waals surface area contributed by atoms with Crippen molar-refractivity contribution >= 4 is 18.5 Å². The van der Waals surface area contributed by atoms with Gasteiger partial charge in [0.1, 0.15) is 12.3 Å². The minimum Gasteiger partial charge on any atom is -0.496 e. The maximum absolute atomic E-state index is 12.7. The van der Waals surface area contributed by atoms with Crippen LogP contribution < -0.4 is 10.2 Å². The van der Waals surface area contributed by atoms with Crippen LogP contribution in [-0.4, -0.2) is 49.3 Å². The summed E-state index contributed by atoms with van der Waals surface area (Å²) in [7, 11) is 1.04. The molecule has 7 heteroatoms. The van der Waals surface area contributed by atoms with E-state index in [1.807, 2.05) is 39.8 Å².